The highest BCUT2D eigenvalue weighted by Crippen LogP contribution is 2.40. The molecule has 14 heteroatoms. The van der Waals surface area contributed by atoms with Gasteiger partial charge in [-0.2, -0.15) is 0 Å². The van der Waals surface area contributed by atoms with E-state index in [-0.39, 0.29) is 30.1 Å². The minimum absolute atomic E-state index is 0.114. The van der Waals surface area contributed by atoms with Gasteiger partial charge < -0.3 is 39.2 Å². The second-order valence-electron chi connectivity index (χ2n) is 16.8. The van der Waals surface area contributed by atoms with E-state index in [0.717, 1.165) is 42.8 Å². The lowest BCUT2D eigenvalue weighted by atomic mass is 9.84. The number of benzene rings is 2. The first kappa shape index (κ1) is 43.4. The van der Waals surface area contributed by atoms with Gasteiger partial charge in [0.25, 0.3) is 5.91 Å². The molecule has 2 aromatic carbocycles. The van der Waals surface area contributed by atoms with Gasteiger partial charge in [-0.3, -0.25) is 9.48 Å². The minimum Gasteiger partial charge on any atom is -0.481 e. The molecule has 1 saturated carbocycles. The van der Waals surface area contributed by atoms with Crippen LogP contribution in [-0.4, -0.2) is 94.7 Å². The van der Waals surface area contributed by atoms with Crippen LogP contribution in [0.1, 0.15) is 98.1 Å². The van der Waals surface area contributed by atoms with Gasteiger partial charge in [0.1, 0.15) is 22.6 Å². The van der Waals surface area contributed by atoms with E-state index in [4.69, 9.17) is 23.7 Å². The highest BCUT2D eigenvalue weighted by Gasteiger charge is 2.29. The van der Waals surface area contributed by atoms with Gasteiger partial charge in [-0.1, -0.05) is 48.7 Å². The second-order valence-corrected chi connectivity index (χ2v) is 16.8. The molecule has 1 aromatic heterocycles. The van der Waals surface area contributed by atoms with Crippen molar-refractivity contribution in [3.8, 4) is 22.8 Å². The summed E-state index contributed by atoms with van der Waals surface area (Å²) in [5.41, 5.74) is 2.71. The lowest BCUT2D eigenvalue weighted by Crippen LogP contribution is -2.42. The molecule has 14 nitrogen and oxygen atoms in total. The molecule has 2 heterocycles. The van der Waals surface area contributed by atoms with Crippen LogP contribution in [0.15, 0.2) is 42.6 Å². The predicted molar refractivity (Wildman–Crippen MR) is 218 cm³/mol. The van der Waals surface area contributed by atoms with Gasteiger partial charge in [-0.05, 0) is 116 Å². The molecule has 2 aliphatic rings. The van der Waals surface area contributed by atoms with Gasteiger partial charge in [0, 0.05) is 31.7 Å². The zero-order valence-corrected chi connectivity index (χ0v) is 34.9. The van der Waals surface area contributed by atoms with Crippen molar-refractivity contribution in [2.24, 2.45) is 5.92 Å². The number of nitrogens with zero attached hydrogens (tertiary/aromatic N) is 4. The Hall–Kier alpha value is -4.69. The first-order valence-corrected chi connectivity index (χ1v) is 20.5. The van der Waals surface area contributed by atoms with Crippen LogP contribution in [0.4, 0.5) is 15.3 Å². The van der Waals surface area contributed by atoms with Gasteiger partial charge in [0.05, 0.1) is 18.9 Å². The number of nitrogens with one attached hydrogen (secondary N) is 2. The van der Waals surface area contributed by atoms with Crippen LogP contribution >= 0.6 is 0 Å². The number of fused-ring (bicyclic) bond motifs is 1. The van der Waals surface area contributed by atoms with Gasteiger partial charge in [0.2, 0.25) is 0 Å². The fourth-order valence-electron chi connectivity index (χ4n) is 7.07. The van der Waals surface area contributed by atoms with Crippen molar-refractivity contribution >= 4 is 23.8 Å². The number of hydrogen-bond donors (Lipinski definition) is 2. The van der Waals surface area contributed by atoms with E-state index < -0.39 is 23.5 Å². The molecule has 0 spiro atoms. The zero-order chi connectivity index (χ0) is 41.0. The molecule has 1 aliphatic carbocycles. The molecular formula is C43H62N6O8. The van der Waals surface area contributed by atoms with E-state index in [9.17, 15) is 14.4 Å². The Morgan fingerprint density at radius 2 is 1.77 bits per heavy atom. The summed E-state index contributed by atoms with van der Waals surface area (Å²) in [6.45, 7) is 16.1. The van der Waals surface area contributed by atoms with Crippen LogP contribution in [0.25, 0.3) is 11.3 Å². The van der Waals surface area contributed by atoms with Gasteiger partial charge >= 0.3 is 12.2 Å². The Morgan fingerprint density at radius 3 is 2.49 bits per heavy atom. The number of carbonyl (C=O) groups excluding carboxylic acids is 3. The molecular weight excluding hydrogens is 729 g/mol. The van der Waals surface area contributed by atoms with Crippen LogP contribution < -0.4 is 20.1 Å². The highest BCUT2D eigenvalue weighted by atomic mass is 16.7. The predicted octanol–water partition coefficient (Wildman–Crippen LogP) is 7.58. The maximum absolute atomic E-state index is 13.4. The summed E-state index contributed by atoms with van der Waals surface area (Å²) >= 11 is 0. The molecule has 5 rings (SSSR count). The molecule has 1 aliphatic heterocycles. The number of hydrogen-bond acceptors (Lipinski definition) is 11. The molecule has 2 amide bonds. The highest BCUT2D eigenvalue weighted by molar-refractivity contribution is 5.98. The van der Waals surface area contributed by atoms with Gasteiger partial charge in [-0.15, -0.1) is 5.10 Å². The molecule has 1 unspecified atom stereocenters. The third-order valence-corrected chi connectivity index (χ3v) is 9.85. The van der Waals surface area contributed by atoms with Crippen LogP contribution in [0.5, 0.6) is 11.5 Å². The largest absolute Gasteiger partial charge is 0.514 e. The smallest absolute Gasteiger partial charge is 0.481 e. The number of aryl methyl sites for hydroxylation is 1. The Bertz CT molecular complexity index is 1790. The third-order valence-electron chi connectivity index (χ3n) is 9.85. The van der Waals surface area contributed by atoms with Gasteiger partial charge in [-0.25, -0.2) is 9.59 Å². The van der Waals surface area contributed by atoms with E-state index in [1.165, 1.54) is 37.7 Å². The Balaban J connectivity index is 1.16. The Labute approximate surface area is 337 Å². The monoisotopic (exact) mass is 790 g/mol. The number of anilines is 1. The molecule has 0 radical (unpaired) electrons. The second kappa shape index (κ2) is 20.1. The van der Waals surface area contributed by atoms with Crippen LogP contribution in [-0.2, 0) is 38.4 Å². The SMILES string of the molecule is CCn1cc(-c2cccc(CCOC(CCNCCN(CCc3ccc(OC(=O)OC(C)(C)C)c4c3OCC(=O)N4)C(=O)OC(C)(C)C)C3CCCCC3)c2)nn1. The van der Waals surface area contributed by atoms with Crippen molar-refractivity contribution < 1.29 is 38.1 Å². The standard InChI is InChI=1S/C43H62N6O8/c1-8-49-28-34(46-47-49)33-16-12-13-30(27-33)21-26-53-35(31-14-10-9-11-15-31)19-22-44-23-25-48(40(51)56-42(2,3)4)24-20-32-17-18-36(55-41(52)57-43(5,6)7)38-39(32)54-29-37(50)45-38/h12-13,16-18,27-28,31,35,44H,8-11,14-15,19-26,29H2,1-7H3,(H,45,50). The summed E-state index contributed by atoms with van der Waals surface area (Å²) in [6, 6.07) is 11.8. The maximum Gasteiger partial charge on any atom is 0.514 e. The number of carbonyl (C=O) groups is 3. The quantitative estimate of drug-likeness (QED) is 0.0790. The summed E-state index contributed by atoms with van der Waals surface area (Å²) in [6.07, 6.45) is 9.05. The minimum atomic E-state index is -0.895. The number of aromatic nitrogens is 3. The van der Waals surface area contributed by atoms with Gasteiger partial charge in [0.15, 0.2) is 18.1 Å². The van der Waals surface area contributed by atoms with Crippen molar-refractivity contribution in [3.05, 3.63) is 53.7 Å². The lowest BCUT2D eigenvalue weighted by molar-refractivity contribution is -0.118. The normalized spacial score (nSPS) is 15.2. The molecule has 312 valence electrons. The Kier molecular flexibility index (Phi) is 15.3. The summed E-state index contributed by atoms with van der Waals surface area (Å²) in [7, 11) is 0. The molecule has 57 heavy (non-hydrogen) atoms. The van der Waals surface area contributed by atoms with Crippen molar-refractivity contribution in [1.82, 2.24) is 25.2 Å². The van der Waals surface area contributed by atoms with E-state index >= 15 is 0 Å². The van der Waals surface area contributed by atoms with Crippen molar-refractivity contribution in [1.29, 1.82) is 0 Å². The first-order valence-electron chi connectivity index (χ1n) is 20.5. The van der Waals surface area contributed by atoms with Crippen molar-refractivity contribution in [2.45, 2.75) is 124 Å². The molecule has 0 saturated heterocycles. The third kappa shape index (κ3) is 13.7. The number of rotatable bonds is 17. The summed E-state index contributed by atoms with van der Waals surface area (Å²) in [5, 5.41) is 14.8. The van der Waals surface area contributed by atoms with Crippen LogP contribution in [0.2, 0.25) is 0 Å². The molecule has 1 atom stereocenters. The van der Waals surface area contributed by atoms with Crippen molar-refractivity contribution in [3.63, 3.8) is 0 Å². The van der Waals surface area contributed by atoms with Crippen LogP contribution in [0.3, 0.4) is 0 Å². The average Bonchev–Trinajstić information content (AvgIpc) is 3.64. The van der Waals surface area contributed by atoms with Crippen molar-refractivity contribution in [2.75, 3.05) is 44.7 Å². The molecule has 3 aromatic rings. The Morgan fingerprint density at radius 1 is 1.00 bits per heavy atom. The summed E-state index contributed by atoms with van der Waals surface area (Å²) in [5.74, 6) is 0.669. The molecule has 0 bridgehead atoms. The zero-order valence-electron chi connectivity index (χ0n) is 34.9. The number of ether oxygens (including phenoxy) is 5. The van der Waals surface area contributed by atoms with E-state index in [0.29, 0.717) is 44.3 Å². The van der Waals surface area contributed by atoms with E-state index in [2.05, 4.69) is 45.2 Å². The fourth-order valence-corrected chi connectivity index (χ4v) is 7.07. The number of amides is 2. The lowest BCUT2D eigenvalue weighted by Gasteiger charge is -2.31. The first-order chi connectivity index (χ1) is 27.2. The summed E-state index contributed by atoms with van der Waals surface area (Å²) in [4.78, 5) is 39.8. The summed E-state index contributed by atoms with van der Waals surface area (Å²) < 4.78 is 30.8. The molecule has 1 fully saturated rings. The van der Waals surface area contributed by atoms with E-state index in [1.807, 2.05) is 38.6 Å². The fraction of sp³-hybridized carbons (Fsp3) is 0.605. The molecule has 2 N–H and O–H groups in total. The van der Waals surface area contributed by atoms with Crippen LogP contribution in [0, 0.1) is 5.92 Å². The van der Waals surface area contributed by atoms with E-state index in [1.54, 1.807) is 37.8 Å². The topological polar surface area (TPSA) is 155 Å². The maximum atomic E-state index is 13.4. The average molecular weight is 791 g/mol.